The van der Waals surface area contributed by atoms with E-state index >= 15 is 0 Å². The number of aliphatic hydroxyl groups is 1. The quantitative estimate of drug-likeness (QED) is 0.397. The fraction of sp³-hybridized carbons (Fsp3) is 0.571. The van der Waals surface area contributed by atoms with Crippen molar-refractivity contribution in [3.8, 4) is 9.85 Å². The lowest BCUT2D eigenvalue weighted by molar-refractivity contribution is 0.115. The maximum absolute atomic E-state index is 9.26. The van der Waals surface area contributed by atoms with Crippen molar-refractivity contribution >= 4 is 28.7 Å². The van der Waals surface area contributed by atoms with Gasteiger partial charge in [0.2, 0.25) is 0 Å². The SMILES string of the molecule is CNC(=O)O.OCCOCC#CI. The van der Waals surface area contributed by atoms with Crippen LogP contribution in [0.5, 0.6) is 0 Å². The van der Waals surface area contributed by atoms with Gasteiger partial charge in [-0.1, -0.05) is 5.92 Å². The Balaban J connectivity index is 0. The molecule has 0 fully saturated rings. The summed E-state index contributed by atoms with van der Waals surface area (Å²) in [5.41, 5.74) is 0. The molecule has 0 rings (SSSR count). The van der Waals surface area contributed by atoms with E-state index in [9.17, 15) is 4.79 Å². The average Bonchev–Trinajstić information content (AvgIpc) is 2.14. The summed E-state index contributed by atoms with van der Waals surface area (Å²) in [6, 6.07) is 0. The summed E-state index contributed by atoms with van der Waals surface area (Å²) in [5, 5.41) is 17.7. The number of rotatable bonds is 3. The van der Waals surface area contributed by atoms with Gasteiger partial charge in [-0.3, -0.25) is 0 Å². The van der Waals surface area contributed by atoms with Crippen molar-refractivity contribution in [3.63, 3.8) is 0 Å². The number of hydrogen-bond donors (Lipinski definition) is 3. The predicted molar refractivity (Wildman–Crippen MR) is 56.8 cm³/mol. The Morgan fingerprint density at radius 1 is 1.69 bits per heavy atom. The van der Waals surface area contributed by atoms with Gasteiger partial charge in [0.05, 0.1) is 13.2 Å². The maximum atomic E-state index is 9.26. The largest absolute Gasteiger partial charge is 0.465 e. The number of carbonyl (C=O) groups is 1. The van der Waals surface area contributed by atoms with Gasteiger partial charge in [-0.15, -0.1) is 0 Å². The highest BCUT2D eigenvalue weighted by Gasteiger charge is 1.77. The Kier molecular flexibility index (Phi) is 16.2. The lowest BCUT2D eigenvalue weighted by Gasteiger charge is -1.91. The molecule has 0 aromatic carbocycles. The number of amides is 1. The second kappa shape index (κ2) is 14.0. The fourth-order valence-electron chi connectivity index (χ4n) is 0.215. The monoisotopic (exact) mass is 301 g/mol. The summed E-state index contributed by atoms with van der Waals surface area (Å²) in [6.07, 6.45) is -0.995. The lowest BCUT2D eigenvalue weighted by Crippen LogP contribution is -2.13. The first-order valence-corrected chi connectivity index (χ1v) is 4.44. The van der Waals surface area contributed by atoms with Gasteiger partial charge in [0.15, 0.2) is 0 Å². The second-order valence-electron chi connectivity index (χ2n) is 1.60. The Hall–Kier alpha value is -0.520. The van der Waals surface area contributed by atoms with Crippen molar-refractivity contribution < 1.29 is 19.7 Å². The molecule has 0 radical (unpaired) electrons. The van der Waals surface area contributed by atoms with Gasteiger partial charge in [-0.25, -0.2) is 4.79 Å². The molecule has 13 heavy (non-hydrogen) atoms. The summed E-state index contributed by atoms with van der Waals surface area (Å²) in [5.74, 6) is 2.69. The third-order valence-corrected chi connectivity index (χ3v) is 1.07. The van der Waals surface area contributed by atoms with E-state index in [-0.39, 0.29) is 6.61 Å². The molecular weight excluding hydrogens is 289 g/mol. The van der Waals surface area contributed by atoms with Crippen LogP contribution < -0.4 is 5.32 Å². The lowest BCUT2D eigenvalue weighted by atomic mass is 10.7. The molecule has 0 saturated carbocycles. The number of ether oxygens (including phenoxy) is 1. The number of carboxylic acid groups (broad SMARTS) is 1. The zero-order valence-corrected chi connectivity index (χ0v) is 9.37. The van der Waals surface area contributed by atoms with Crippen molar-refractivity contribution in [2.24, 2.45) is 0 Å². The predicted octanol–water partition coefficient (Wildman–Crippen LogP) is 0.275. The van der Waals surface area contributed by atoms with Crippen LogP contribution in [0.15, 0.2) is 0 Å². The van der Waals surface area contributed by atoms with Crippen LogP contribution in [0.3, 0.4) is 0 Å². The van der Waals surface area contributed by atoms with Crippen molar-refractivity contribution in [3.05, 3.63) is 0 Å². The van der Waals surface area contributed by atoms with Gasteiger partial charge >= 0.3 is 6.09 Å². The molecule has 0 aromatic heterocycles. The summed E-state index contributed by atoms with van der Waals surface area (Å²) >= 11 is 1.94. The third kappa shape index (κ3) is 24.6. The Morgan fingerprint density at radius 2 is 2.23 bits per heavy atom. The molecule has 6 heteroatoms. The molecule has 1 amide bonds. The molecule has 0 saturated heterocycles. The van der Waals surface area contributed by atoms with Crippen LogP contribution in [-0.4, -0.2) is 43.2 Å². The maximum Gasteiger partial charge on any atom is 0.404 e. The average molecular weight is 301 g/mol. The summed E-state index contributed by atoms with van der Waals surface area (Å²) in [4.78, 5) is 9.26. The second-order valence-corrected chi connectivity index (χ2v) is 2.14. The van der Waals surface area contributed by atoms with E-state index in [0.717, 1.165) is 0 Å². The molecule has 0 bridgehead atoms. The molecule has 0 aliphatic rings. The van der Waals surface area contributed by atoms with Gasteiger partial charge in [0, 0.05) is 29.6 Å². The van der Waals surface area contributed by atoms with E-state index in [1.165, 1.54) is 7.05 Å². The van der Waals surface area contributed by atoms with E-state index < -0.39 is 6.09 Å². The zero-order chi connectivity index (χ0) is 10.5. The topological polar surface area (TPSA) is 78.8 Å². The molecular formula is C7H12INO4. The molecule has 0 atom stereocenters. The molecule has 0 heterocycles. The molecule has 76 valence electrons. The normalized spacial score (nSPS) is 7.31. The minimum Gasteiger partial charge on any atom is -0.465 e. The first-order chi connectivity index (χ1) is 6.18. The van der Waals surface area contributed by atoms with Crippen LogP contribution in [0.1, 0.15) is 0 Å². The Bertz CT molecular complexity index is 175. The van der Waals surface area contributed by atoms with Crippen molar-refractivity contribution in [1.82, 2.24) is 5.32 Å². The van der Waals surface area contributed by atoms with E-state index in [1.54, 1.807) is 0 Å². The number of nitrogens with one attached hydrogen (secondary N) is 1. The molecule has 0 unspecified atom stereocenters. The van der Waals surface area contributed by atoms with Crippen LogP contribution in [0.4, 0.5) is 4.79 Å². The highest BCUT2D eigenvalue weighted by molar-refractivity contribution is 14.1. The Morgan fingerprint density at radius 3 is 2.54 bits per heavy atom. The van der Waals surface area contributed by atoms with E-state index in [2.05, 4.69) is 9.85 Å². The van der Waals surface area contributed by atoms with Crippen molar-refractivity contribution in [1.29, 1.82) is 0 Å². The number of aliphatic hydroxyl groups excluding tert-OH is 1. The minimum atomic E-state index is -0.995. The zero-order valence-electron chi connectivity index (χ0n) is 7.21. The van der Waals surface area contributed by atoms with E-state index in [0.29, 0.717) is 13.2 Å². The van der Waals surface area contributed by atoms with Gasteiger partial charge in [0.25, 0.3) is 0 Å². The molecule has 0 aromatic rings. The third-order valence-electron chi connectivity index (χ3n) is 0.691. The van der Waals surface area contributed by atoms with Crippen LogP contribution in [0, 0.1) is 9.85 Å². The first kappa shape index (κ1) is 15.0. The Labute approximate surface area is 90.6 Å². The van der Waals surface area contributed by atoms with Crippen LogP contribution in [0.25, 0.3) is 0 Å². The summed E-state index contributed by atoms with van der Waals surface area (Å²) in [7, 11) is 1.35. The van der Waals surface area contributed by atoms with Crippen LogP contribution in [-0.2, 0) is 4.74 Å². The fourth-order valence-corrected chi connectivity index (χ4v) is 0.371. The standard InChI is InChI=1S/C5H7IO2.C2H5NO2/c6-2-1-4-8-5-3-7;1-3-2(4)5/h7H,3-5H2;3H,1H3,(H,4,5). The molecule has 0 aliphatic heterocycles. The number of hydrogen-bond acceptors (Lipinski definition) is 3. The minimum absolute atomic E-state index is 0.0723. The van der Waals surface area contributed by atoms with Gasteiger partial charge in [-0.2, -0.15) is 0 Å². The van der Waals surface area contributed by atoms with Crippen LogP contribution >= 0.6 is 22.6 Å². The number of halogens is 1. The molecule has 0 spiro atoms. The van der Waals surface area contributed by atoms with E-state index in [1.807, 2.05) is 27.9 Å². The van der Waals surface area contributed by atoms with Crippen molar-refractivity contribution in [2.75, 3.05) is 26.9 Å². The van der Waals surface area contributed by atoms with Gasteiger partial charge in [-0.05, 0) is 3.93 Å². The van der Waals surface area contributed by atoms with Gasteiger partial charge < -0.3 is 20.3 Å². The smallest absolute Gasteiger partial charge is 0.404 e. The van der Waals surface area contributed by atoms with Gasteiger partial charge in [0.1, 0.15) is 6.61 Å². The highest BCUT2D eigenvalue weighted by Crippen LogP contribution is 1.73. The highest BCUT2D eigenvalue weighted by atomic mass is 127. The molecule has 5 nitrogen and oxygen atoms in total. The summed E-state index contributed by atoms with van der Waals surface area (Å²) < 4.78 is 7.43. The summed E-state index contributed by atoms with van der Waals surface area (Å²) in [6.45, 7) is 0.873. The van der Waals surface area contributed by atoms with E-state index in [4.69, 9.17) is 14.9 Å². The molecule has 0 aliphatic carbocycles. The van der Waals surface area contributed by atoms with Crippen molar-refractivity contribution in [2.45, 2.75) is 0 Å². The van der Waals surface area contributed by atoms with Crippen LogP contribution in [0.2, 0.25) is 0 Å². The molecule has 3 N–H and O–H groups in total. The first-order valence-electron chi connectivity index (χ1n) is 3.36.